The summed E-state index contributed by atoms with van der Waals surface area (Å²) in [4.78, 5) is 47.2. The van der Waals surface area contributed by atoms with Gasteiger partial charge in [0.25, 0.3) is 5.91 Å². The van der Waals surface area contributed by atoms with Crippen LogP contribution in [0, 0.1) is 26.7 Å². The molecule has 208 valence electrons. The molecule has 0 spiro atoms. The maximum absolute atomic E-state index is 13.1. The molecular weight excluding hydrogens is 518 g/mol. The van der Waals surface area contributed by atoms with Crippen molar-refractivity contribution in [3.8, 4) is 34.3 Å². The Labute approximate surface area is 229 Å². The second-order valence-electron chi connectivity index (χ2n) is 9.87. The number of carbonyl (C=O) groups excluding carboxylic acids is 2. The van der Waals surface area contributed by atoms with Crippen LogP contribution in [0.4, 0.5) is 0 Å². The number of hydrogen-bond acceptors (Lipinski definition) is 10. The molecule has 0 bridgehead atoms. The standard InChI is InChI=1S/C29H29N3O8/c1-13(2)10-19(32-28(37)25-16(5)30-14(3)15(4)31-25)29(38)39-18-8-6-17(7-9-18)22-11-20(33)24-23(40-22)12-21(34)26(35)27(24)36/h6-9,11-13,19,34-36H,10H2,1-5H3,(H,32,37)/t19-/m1/s1. The third kappa shape index (κ3) is 5.73. The Morgan fingerprint density at radius 1 is 0.950 bits per heavy atom. The highest BCUT2D eigenvalue weighted by Crippen LogP contribution is 2.40. The summed E-state index contributed by atoms with van der Waals surface area (Å²) in [6.07, 6.45) is 0.331. The zero-order chi connectivity index (χ0) is 29.3. The van der Waals surface area contributed by atoms with Crippen molar-refractivity contribution < 1.29 is 34.1 Å². The first-order valence-corrected chi connectivity index (χ1v) is 12.5. The maximum atomic E-state index is 13.1. The fourth-order valence-corrected chi connectivity index (χ4v) is 4.14. The van der Waals surface area contributed by atoms with Crippen molar-refractivity contribution in [3.63, 3.8) is 0 Å². The van der Waals surface area contributed by atoms with Gasteiger partial charge in [0, 0.05) is 17.7 Å². The molecule has 0 aliphatic heterocycles. The fourth-order valence-electron chi connectivity index (χ4n) is 4.14. The molecule has 4 aromatic rings. The largest absolute Gasteiger partial charge is 0.504 e. The summed E-state index contributed by atoms with van der Waals surface area (Å²) in [6.45, 7) is 9.07. The minimum Gasteiger partial charge on any atom is -0.504 e. The number of nitrogens with zero attached hydrogens (tertiary/aromatic N) is 2. The van der Waals surface area contributed by atoms with E-state index in [2.05, 4.69) is 15.3 Å². The van der Waals surface area contributed by atoms with E-state index < -0.39 is 40.6 Å². The van der Waals surface area contributed by atoms with Gasteiger partial charge in [0.1, 0.15) is 34.2 Å². The van der Waals surface area contributed by atoms with Gasteiger partial charge in [-0.05, 0) is 57.4 Å². The molecule has 11 heteroatoms. The van der Waals surface area contributed by atoms with Crippen LogP contribution in [0.5, 0.6) is 23.0 Å². The molecule has 0 fully saturated rings. The van der Waals surface area contributed by atoms with E-state index in [1.165, 1.54) is 12.1 Å². The minimum absolute atomic E-state index is 0.0729. The van der Waals surface area contributed by atoms with Crippen molar-refractivity contribution in [1.29, 1.82) is 0 Å². The number of phenols is 3. The van der Waals surface area contributed by atoms with E-state index in [0.29, 0.717) is 29.1 Å². The summed E-state index contributed by atoms with van der Waals surface area (Å²) < 4.78 is 11.2. The average molecular weight is 548 g/mol. The van der Waals surface area contributed by atoms with Crippen LogP contribution < -0.4 is 15.5 Å². The first kappa shape index (κ1) is 28.1. The Kier molecular flexibility index (Phi) is 7.76. The number of amides is 1. The van der Waals surface area contributed by atoms with Gasteiger partial charge >= 0.3 is 5.97 Å². The van der Waals surface area contributed by atoms with Crippen molar-refractivity contribution >= 4 is 22.8 Å². The molecule has 2 aromatic heterocycles. The second-order valence-corrected chi connectivity index (χ2v) is 9.87. The molecule has 4 rings (SSSR count). The maximum Gasteiger partial charge on any atom is 0.334 e. The molecule has 2 heterocycles. The predicted octanol–water partition coefficient (Wildman–Crippen LogP) is 4.04. The number of aromatic nitrogens is 2. The lowest BCUT2D eigenvalue weighted by molar-refractivity contribution is -0.137. The van der Waals surface area contributed by atoms with Crippen molar-refractivity contribution in [2.45, 2.75) is 47.1 Å². The summed E-state index contributed by atoms with van der Waals surface area (Å²) in [5, 5.41) is 31.9. The number of esters is 1. The monoisotopic (exact) mass is 547 g/mol. The van der Waals surface area contributed by atoms with E-state index in [-0.39, 0.29) is 34.1 Å². The molecule has 11 nitrogen and oxygen atoms in total. The van der Waals surface area contributed by atoms with E-state index in [1.54, 1.807) is 32.9 Å². The molecule has 0 aliphatic carbocycles. The lowest BCUT2D eigenvalue weighted by Gasteiger charge is -2.20. The fraction of sp³-hybridized carbons (Fsp3) is 0.276. The van der Waals surface area contributed by atoms with Crippen molar-refractivity contribution in [3.05, 3.63) is 69.4 Å². The van der Waals surface area contributed by atoms with E-state index in [1.807, 2.05) is 13.8 Å². The molecule has 0 saturated carbocycles. The van der Waals surface area contributed by atoms with Crippen molar-refractivity contribution in [2.75, 3.05) is 0 Å². The number of hydrogen-bond donors (Lipinski definition) is 4. The van der Waals surface area contributed by atoms with Gasteiger partial charge in [-0.15, -0.1) is 0 Å². The molecular formula is C29H29N3O8. The number of nitrogens with one attached hydrogen (secondary N) is 1. The molecule has 0 saturated heterocycles. The third-order valence-electron chi connectivity index (χ3n) is 6.30. The summed E-state index contributed by atoms with van der Waals surface area (Å²) >= 11 is 0. The van der Waals surface area contributed by atoms with Gasteiger partial charge in [0.2, 0.25) is 5.75 Å². The molecule has 4 N–H and O–H groups in total. The number of fused-ring (bicyclic) bond motifs is 1. The Hall–Kier alpha value is -4.93. The van der Waals surface area contributed by atoms with Crippen molar-refractivity contribution in [1.82, 2.24) is 15.3 Å². The van der Waals surface area contributed by atoms with Crippen molar-refractivity contribution in [2.24, 2.45) is 5.92 Å². The van der Waals surface area contributed by atoms with Gasteiger partial charge in [-0.3, -0.25) is 14.6 Å². The molecule has 0 radical (unpaired) electrons. The van der Waals surface area contributed by atoms with Gasteiger partial charge in [-0.1, -0.05) is 13.8 Å². The number of phenolic OH excluding ortho intramolecular Hbond substituents is 3. The summed E-state index contributed by atoms with van der Waals surface area (Å²) in [5.41, 5.74) is 1.62. The Morgan fingerprint density at radius 3 is 2.25 bits per heavy atom. The summed E-state index contributed by atoms with van der Waals surface area (Å²) in [5.74, 6) is -3.03. The molecule has 0 aliphatic rings. The van der Waals surface area contributed by atoms with Crippen LogP contribution in [0.25, 0.3) is 22.3 Å². The van der Waals surface area contributed by atoms with Crippen LogP contribution in [0.2, 0.25) is 0 Å². The minimum atomic E-state index is -0.940. The number of aromatic hydroxyl groups is 3. The number of aryl methyl sites for hydroxylation is 3. The Balaban J connectivity index is 1.54. The second kappa shape index (κ2) is 11.0. The SMILES string of the molecule is Cc1nc(C)c(C(=O)N[C@H](CC(C)C)C(=O)Oc2ccc(-c3cc(=O)c4c(O)c(O)c(O)cc4o3)cc2)nc1C. The Bertz CT molecular complexity index is 1680. The quantitative estimate of drug-likeness (QED) is 0.150. The van der Waals surface area contributed by atoms with E-state index in [4.69, 9.17) is 9.15 Å². The first-order chi connectivity index (χ1) is 18.8. The zero-order valence-corrected chi connectivity index (χ0v) is 22.6. The Morgan fingerprint density at radius 2 is 1.60 bits per heavy atom. The average Bonchev–Trinajstić information content (AvgIpc) is 2.88. The smallest absolute Gasteiger partial charge is 0.334 e. The highest BCUT2D eigenvalue weighted by atomic mass is 16.5. The van der Waals surface area contributed by atoms with Gasteiger partial charge in [-0.25, -0.2) is 9.78 Å². The number of rotatable bonds is 7. The van der Waals surface area contributed by atoms with Crippen LogP contribution in [0.1, 0.15) is 47.8 Å². The highest BCUT2D eigenvalue weighted by Gasteiger charge is 2.26. The van der Waals surface area contributed by atoms with Crippen LogP contribution in [-0.2, 0) is 4.79 Å². The molecule has 40 heavy (non-hydrogen) atoms. The zero-order valence-electron chi connectivity index (χ0n) is 22.6. The summed E-state index contributed by atoms with van der Waals surface area (Å²) in [7, 11) is 0. The first-order valence-electron chi connectivity index (χ1n) is 12.5. The lowest BCUT2D eigenvalue weighted by Crippen LogP contribution is -2.44. The van der Waals surface area contributed by atoms with Gasteiger partial charge in [-0.2, -0.15) is 0 Å². The van der Waals surface area contributed by atoms with Gasteiger partial charge < -0.3 is 29.8 Å². The summed E-state index contributed by atoms with van der Waals surface area (Å²) in [6, 6.07) is 7.32. The highest BCUT2D eigenvalue weighted by molar-refractivity contribution is 5.96. The normalized spacial score (nSPS) is 11.9. The van der Waals surface area contributed by atoms with E-state index in [9.17, 15) is 29.7 Å². The van der Waals surface area contributed by atoms with Gasteiger partial charge in [0.05, 0.1) is 17.1 Å². The third-order valence-corrected chi connectivity index (χ3v) is 6.30. The number of benzene rings is 2. The predicted molar refractivity (Wildman–Crippen MR) is 146 cm³/mol. The molecule has 2 aromatic carbocycles. The lowest BCUT2D eigenvalue weighted by atomic mass is 10.0. The molecule has 1 amide bonds. The molecule has 1 atom stereocenters. The van der Waals surface area contributed by atoms with E-state index >= 15 is 0 Å². The van der Waals surface area contributed by atoms with Gasteiger partial charge in [0.15, 0.2) is 16.9 Å². The van der Waals surface area contributed by atoms with Crippen LogP contribution >= 0.6 is 0 Å². The van der Waals surface area contributed by atoms with E-state index in [0.717, 1.165) is 12.1 Å². The van der Waals surface area contributed by atoms with Crippen LogP contribution in [-0.4, -0.2) is 43.2 Å². The number of carbonyl (C=O) groups is 2. The van der Waals surface area contributed by atoms with Crippen LogP contribution in [0.3, 0.4) is 0 Å². The number of ether oxygens (including phenoxy) is 1. The molecule has 0 unspecified atom stereocenters. The topological polar surface area (TPSA) is 172 Å². The van der Waals surface area contributed by atoms with Crippen LogP contribution in [0.15, 0.2) is 45.6 Å².